The average Bonchev–Trinajstić information content (AvgIpc) is 3.19. The van der Waals surface area contributed by atoms with Crippen molar-refractivity contribution in [3.05, 3.63) is 69.7 Å². The highest BCUT2D eigenvalue weighted by atomic mass is 35.5. The summed E-state index contributed by atoms with van der Waals surface area (Å²) >= 11 is 12.1. The summed E-state index contributed by atoms with van der Waals surface area (Å²) in [6.07, 6.45) is 0. The Balaban J connectivity index is 2.11. The molecule has 164 valence electrons. The van der Waals surface area contributed by atoms with E-state index in [1.54, 1.807) is 51.1 Å². The van der Waals surface area contributed by atoms with E-state index in [1.807, 2.05) is 0 Å². The average molecular weight is 464 g/mol. The van der Waals surface area contributed by atoms with Gasteiger partial charge in [0.1, 0.15) is 17.4 Å². The smallest absolute Gasteiger partial charge is 0.336 e. The summed E-state index contributed by atoms with van der Waals surface area (Å²) in [4.78, 5) is 25.6. The second-order valence-electron chi connectivity index (χ2n) is 6.95. The summed E-state index contributed by atoms with van der Waals surface area (Å²) in [6.45, 7) is 9.53. The molecule has 1 N–H and O–H groups in total. The first-order chi connectivity index (χ1) is 14.8. The van der Waals surface area contributed by atoms with E-state index >= 15 is 0 Å². The van der Waals surface area contributed by atoms with Crippen LogP contribution in [0.3, 0.4) is 0 Å². The van der Waals surface area contributed by atoms with Gasteiger partial charge in [0, 0.05) is 17.0 Å². The standard InChI is InChI=1S/C23H23Cl2NO5/c1-5-29-22(27)19-12(3)26-13(4)20(23(28)30-6-2)21(19)18-10-9-17(31-18)14-7-8-15(24)16(25)11-14/h7-11,19,21,26H,3,5-6H2,1-2,4H3. The Morgan fingerprint density at radius 3 is 2.45 bits per heavy atom. The Morgan fingerprint density at radius 2 is 1.81 bits per heavy atom. The number of nitrogens with one attached hydrogen (secondary N) is 1. The lowest BCUT2D eigenvalue weighted by Gasteiger charge is -2.33. The van der Waals surface area contributed by atoms with Crippen molar-refractivity contribution in [2.24, 2.45) is 5.92 Å². The zero-order chi connectivity index (χ0) is 22.7. The number of carbonyl (C=O) groups is 2. The molecule has 2 atom stereocenters. The van der Waals surface area contributed by atoms with Gasteiger partial charge in [0.25, 0.3) is 0 Å². The SMILES string of the molecule is C=C1NC(C)=C(C(=O)OCC)C(c2ccc(-c3ccc(Cl)c(Cl)c3)o2)C1C(=O)OCC. The molecule has 2 heterocycles. The molecule has 0 amide bonds. The van der Waals surface area contributed by atoms with Gasteiger partial charge in [0.05, 0.1) is 34.8 Å². The van der Waals surface area contributed by atoms with Crippen LogP contribution < -0.4 is 5.32 Å². The molecular formula is C23H23Cl2NO5. The van der Waals surface area contributed by atoms with Gasteiger partial charge in [-0.25, -0.2) is 4.79 Å². The van der Waals surface area contributed by atoms with Crippen molar-refractivity contribution in [1.29, 1.82) is 0 Å². The van der Waals surface area contributed by atoms with Crippen molar-refractivity contribution >= 4 is 35.1 Å². The van der Waals surface area contributed by atoms with E-state index in [0.29, 0.717) is 44.1 Å². The normalized spacial score (nSPS) is 18.5. The van der Waals surface area contributed by atoms with Gasteiger partial charge in [-0.3, -0.25) is 4.79 Å². The monoisotopic (exact) mass is 463 g/mol. The van der Waals surface area contributed by atoms with Gasteiger partial charge in [0.2, 0.25) is 0 Å². The predicted molar refractivity (Wildman–Crippen MR) is 119 cm³/mol. The summed E-state index contributed by atoms with van der Waals surface area (Å²) in [5.41, 5.74) is 1.96. The number of rotatable bonds is 6. The number of allylic oxidation sites excluding steroid dienone is 1. The van der Waals surface area contributed by atoms with E-state index in [4.69, 9.17) is 37.1 Å². The topological polar surface area (TPSA) is 77.8 Å². The summed E-state index contributed by atoms with van der Waals surface area (Å²) < 4.78 is 16.6. The van der Waals surface area contributed by atoms with Crippen LogP contribution in [0.1, 0.15) is 32.4 Å². The minimum atomic E-state index is -0.865. The first-order valence-corrected chi connectivity index (χ1v) is 10.6. The molecule has 0 saturated heterocycles. The van der Waals surface area contributed by atoms with Gasteiger partial charge in [0.15, 0.2) is 0 Å². The van der Waals surface area contributed by atoms with Gasteiger partial charge in [-0.05, 0) is 51.1 Å². The van der Waals surface area contributed by atoms with Gasteiger partial charge >= 0.3 is 11.9 Å². The van der Waals surface area contributed by atoms with Gasteiger partial charge < -0.3 is 19.2 Å². The fourth-order valence-electron chi connectivity index (χ4n) is 3.62. The van der Waals surface area contributed by atoms with Gasteiger partial charge in [-0.1, -0.05) is 29.8 Å². The lowest BCUT2D eigenvalue weighted by atomic mass is 9.78. The van der Waals surface area contributed by atoms with Crippen molar-refractivity contribution < 1.29 is 23.5 Å². The maximum Gasteiger partial charge on any atom is 0.336 e. The highest BCUT2D eigenvalue weighted by Gasteiger charge is 2.44. The van der Waals surface area contributed by atoms with Crippen molar-refractivity contribution in [2.45, 2.75) is 26.7 Å². The third-order valence-corrected chi connectivity index (χ3v) is 5.68. The van der Waals surface area contributed by atoms with E-state index in [9.17, 15) is 9.59 Å². The van der Waals surface area contributed by atoms with Crippen LogP contribution in [-0.4, -0.2) is 25.2 Å². The van der Waals surface area contributed by atoms with E-state index in [0.717, 1.165) is 0 Å². The number of ether oxygens (including phenoxy) is 2. The zero-order valence-corrected chi connectivity index (χ0v) is 19.0. The predicted octanol–water partition coefficient (Wildman–Crippen LogP) is 5.47. The zero-order valence-electron chi connectivity index (χ0n) is 17.5. The van der Waals surface area contributed by atoms with Crippen LogP contribution in [-0.2, 0) is 19.1 Å². The van der Waals surface area contributed by atoms with E-state index in [-0.39, 0.29) is 13.2 Å². The summed E-state index contributed by atoms with van der Waals surface area (Å²) in [6, 6.07) is 8.60. The van der Waals surface area contributed by atoms with E-state index in [1.165, 1.54) is 0 Å². The number of furan rings is 1. The third-order valence-electron chi connectivity index (χ3n) is 4.95. The van der Waals surface area contributed by atoms with Crippen LogP contribution >= 0.6 is 23.2 Å². The molecule has 2 unspecified atom stereocenters. The molecule has 0 radical (unpaired) electrons. The van der Waals surface area contributed by atoms with Crippen LogP contribution in [0, 0.1) is 5.92 Å². The quantitative estimate of drug-likeness (QED) is 0.572. The first-order valence-electron chi connectivity index (χ1n) is 9.83. The molecule has 8 heteroatoms. The fraction of sp³-hybridized carbons (Fsp3) is 0.304. The van der Waals surface area contributed by atoms with E-state index in [2.05, 4.69) is 11.9 Å². The number of halogens is 2. The first kappa shape index (κ1) is 23.0. The molecule has 0 spiro atoms. The molecule has 31 heavy (non-hydrogen) atoms. The van der Waals surface area contributed by atoms with Crippen molar-refractivity contribution in [3.8, 4) is 11.3 Å². The highest BCUT2D eigenvalue weighted by Crippen LogP contribution is 2.43. The molecule has 1 aromatic heterocycles. The summed E-state index contributed by atoms with van der Waals surface area (Å²) in [5.74, 6) is -1.75. The maximum atomic E-state index is 12.8. The molecular weight excluding hydrogens is 441 g/mol. The third kappa shape index (κ3) is 4.65. The second kappa shape index (κ2) is 9.62. The Kier molecular flexibility index (Phi) is 7.13. The number of esters is 2. The molecule has 1 aliphatic rings. The largest absolute Gasteiger partial charge is 0.465 e. The minimum Gasteiger partial charge on any atom is -0.465 e. The van der Waals surface area contributed by atoms with Crippen LogP contribution in [0.2, 0.25) is 10.0 Å². The summed E-state index contributed by atoms with van der Waals surface area (Å²) in [7, 11) is 0. The Hall–Kier alpha value is -2.70. The number of carbonyl (C=O) groups excluding carboxylic acids is 2. The van der Waals surface area contributed by atoms with Crippen LogP contribution in [0.15, 0.2) is 58.3 Å². The van der Waals surface area contributed by atoms with Crippen LogP contribution in [0.5, 0.6) is 0 Å². The van der Waals surface area contributed by atoms with Crippen molar-refractivity contribution in [1.82, 2.24) is 5.32 Å². The number of hydrogen-bond donors (Lipinski definition) is 1. The van der Waals surface area contributed by atoms with Gasteiger partial charge in [-0.2, -0.15) is 0 Å². The van der Waals surface area contributed by atoms with E-state index < -0.39 is 23.8 Å². The Labute approximate surface area is 190 Å². The molecule has 2 aromatic rings. The maximum absolute atomic E-state index is 12.8. The Bertz CT molecular complexity index is 1060. The molecule has 1 aromatic carbocycles. The Morgan fingerprint density at radius 1 is 1.10 bits per heavy atom. The molecule has 3 rings (SSSR count). The molecule has 0 fully saturated rings. The molecule has 0 aliphatic carbocycles. The lowest BCUT2D eigenvalue weighted by molar-refractivity contribution is -0.148. The fourth-order valence-corrected chi connectivity index (χ4v) is 3.92. The second-order valence-corrected chi connectivity index (χ2v) is 7.76. The van der Waals surface area contributed by atoms with Crippen LogP contribution in [0.4, 0.5) is 0 Å². The molecule has 0 saturated carbocycles. The van der Waals surface area contributed by atoms with Crippen molar-refractivity contribution in [2.75, 3.05) is 13.2 Å². The minimum absolute atomic E-state index is 0.194. The molecule has 1 aliphatic heterocycles. The highest BCUT2D eigenvalue weighted by molar-refractivity contribution is 6.42. The lowest BCUT2D eigenvalue weighted by Crippen LogP contribution is -2.39. The number of hydrogen-bond acceptors (Lipinski definition) is 6. The number of benzene rings is 1. The van der Waals surface area contributed by atoms with Gasteiger partial charge in [-0.15, -0.1) is 0 Å². The van der Waals surface area contributed by atoms with Crippen molar-refractivity contribution in [3.63, 3.8) is 0 Å². The molecule has 0 bridgehead atoms. The summed E-state index contributed by atoms with van der Waals surface area (Å²) in [5, 5.41) is 3.84. The molecule has 6 nitrogen and oxygen atoms in total. The van der Waals surface area contributed by atoms with Crippen LogP contribution in [0.25, 0.3) is 11.3 Å².